The fourth-order valence-corrected chi connectivity index (χ4v) is 2.27. The van der Waals surface area contributed by atoms with Gasteiger partial charge in [-0.25, -0.2) is 0 Å². The van der Waals surface area contributed by atoms with Crippen LogP contribution in [0.2, 0.25) is 0 Å². The van der Waals surface area contributed by atoms with E-state index in [2.05, 4.69) is 18.5 Å². The second-order valence-corrected chi connectivity index (χ2v) is 5.67. The molecule has 0 spiro atoms. The third-order valence-corrected chi connectivity index (χ3v) is 4.14. The Kier molecular flexibility index (Phi) is 5.47. The summed E-state index contributed by atoms with van der Waals surface area (Å²) >= 11 is 1.84. The molecule has 0 heterocycles. The van der Waals surface area contributed by atoms with Gasteiger partial charge in [-0.15, -0.1) is 0 Å². The van der Waals surface area contributed by atoms with Crippen molar-refractivity contribution < 1.29 is 4.79 Å². The Morgan fingerprint density at radius 2 is 2.33 bits per heavy atom. The summed E-state index contributed by atoms with van der Waals surface area (Å²) in [6.07, 6.45) is 5.97. The van der Waals surface area contributed by atoms with Gasteiger partial charge < -0.3 is 11.1 Å². The van der Waals surface area contributed by atoms with Gasteiger partial charge in [-0.05, 0) is 31.9 Å². The number of rotatable bonds is 5. The van der Waals surface area contributed by atoms with Gasteiger partial charge in [0.25, 0.3) is 0 Å². The van der Waals surface area contributed by atoms with E-state index in [0.29, 0.717) is 5.25 Å². The summed E-state index contributed by atoms with van der Waals surface area (Å²) in [6.45, 7) is 2.98. The molecule has 0 radical (unpaired) electrons. The molecule has 1 amide bonds. The molecule has 1 rings (SSSR count). The highest BCUT2D eigenvalue weighted by Gasteiger charge is 2.27. The molecule has 1 saturated carbocycles. The quantitative estimate of drug-likeness (QED) is 0.750. The Balaban J connectivity index is 2.13. The Morgan fingerprint density at radius 1 is 1.60 bits per heavy atom. The SMILES string of the molecule is CSC(C)CCNC(=O)C1CCC(N)C1. The molecule has 0 bridgehead atoms. The summed E-state index contributed by atoms with van der Waals surface area (Å²) < 4.78 is 0. The van der Waals surface area contributed by atoms with Crippen LogP contribution in [0.25, 0.3) is 0 Å². The zero-order chi connectivity index (χ0) is 11.3. The average Bonchev–Trinajstić information content (AvgIpc) is 2.64. The molecule has 4 heteroatoms. The first kappa shape index (κ1) is 12.8. The number of amides is 1. The molecule has 88 valence electrons. The maximum Gasteiger partial charge on any atom is 0.223 e. The van der Waals surface area contributed by atoms with Crippen LogP contribution in [0.3, 0.4) is 0 Å². The zero-order valence-corrected chi connectivity index (χ0v) is 10.5. The Hall–Kier alpha value is -0.220. The molecule has 1 fully saturated rings. The normalized spacial score (nSPS) is 27.7. The van der Waals surface area contributed by atoms with Crippen LogP contribution in [0.4, 0.5) is 0 Å². The van der Waals surface area contributed by atoms with E-state index in [0.717, 1.165) is 32.2 Å². The van der Waals surface area contributed by atoms with E-state index in [-0.39, 0.29) is 17.9 Å². The number of carbonyl (C=O) groups is 1. The van der Waals surface area contributed by atoms with Crippen molar-refractivity contribution in [3.63, 3.8) is 0 Å². The molecular formula is C11H22N2OS. The van der Waals surface area contributed by atoms with Crippen molar-refractivity contribution in [1.82, 2.24) is 5.32 Å². The molecule has 1 aliphatic carbocycles. The summed E-state index contributed by atoms with van der Waals surface area (Å²) in [5.41, 5.74) is 5.78. The van der Waals surface area contributed by atoms with Gasteiger partial charge in [0, 0.05) is 23.8 Å². The fourth-order valence-electron chi connectivity index (χ4n) is 1.92. The Morgan fingerprint density at radius 3 is 2.87 bits per heavy atom. The minimum absolute atomic E-state index is 0.171. The van der Waals surface area contributed by atoms with Crippen molar-refractivity contribution in [2.75, 3.05) is 12.8 Å². The van der Waals surface area contributed by atoms with Gasteiger partial charge in [-0.2, -0.15) is 11.8 Å². The molecule has 3 nitrogen and oxygen atoms in total. The van der Waals surface area contributed by atoms with Gasteiger partial charge in [0.15, 0.2) is 0 Å². The Labute approximate surface area is 96.6 Å². The van der Waals surface area contributed by atoms with E-state index in [1.807, 2.05) is 11.8 Å². The average molecular weight is 230 g/mol. The minimum atomic E-state index is 0.171. The predicted molar refractivity (Wildman–Crippen MR) is 65.9 cm³/mol. The molecule has 3 atom stereocenters. The second-order valence-electron chi connectivity index (χ2n) is 4.40. The standard InChI is InChI=1S/C11H22N2OS/c1-8(15-2)5-6-13-11(14)9-3-4-10(12)7-9/h8-10H,3-7,12H2,1-2H3,(H,13,14). The summed E-state index contributed by atoms with van der Waals surface area (Å²) in [5.74, 6) is 0.376. The summed E-state index contributed by atoms with van der Waals surface area (Å²) in [4.78, 5) is 11.7. The summed E-state index contributed by atoms with van der Waals surface area (Å²) in [7, 11) is 0. The smallest absolute Gasteiger partial charge is 0.223 e. The first-order chi connectivity index (χ1) is 7.13. The van der Waals surface area contributed by atoms with Crippen LogP contribution in [-0.2, 0) is 4.79 Å². The Bertz CT molecular complexity index is 211. The number of hydrogen-bond donors (Lipinski definition) is 2. The van der Waals surface area contributed by atoms with Crippen molar-refractivity contribution in [3.8, 4) is 0 Å². The number of nitrogens with one attached hydrogen (secondary N) is 1. The molecule has 3 N–H and O–H groups in total. The zero-order valence-electron chi connectivity index (χ0n) is 9.66. The lowest BCUT2D eigenvalue weighted by molar-refractivity contribution is -0.124. The first-order valence-electron chi connectivity index (χ1n) is 5.69. The topological polar surface area (TPSA) is 55.1 Å². The molecule has 0 aromatic carbocycles. The van der Waals surface area contributed by atoms with Gasteiger partial charge in [0.2, 0.25) is 5.91 Å². The minimum Gasteiger partial charge on any atom is -0.356 e. The summed E-state index contributed by atoms with van der Waals surface area (Å²) in [6, 6.07) is 0.242. The highest BCUT2D eigenvalue weighted by molar-refractivity contribution is 7.99. The van der Waals surface area contributed by atoms with Crippen molar-refractivity contribution in [2.24, 2.45) is 11.7 Å². The highest BCUT2D eigenvalue weighted by Crippen LogP contribution is 2.24. The number of thioether (sulfide) groups is 1. The molecule has 15 heavy (non-hydrogen) atoms. The molecule has 0 aliphatic heterocycles. The molecule has 3 unspecified atom stereocenters. The third kappa shape index (κ3) is 4.43. The maximum atomic E-state index is 11.7. The predicted octanol–water partition coefficient (Wildman–Crippen LogP) is 1.37. The van der Waals surface area contributed by atoms with Crippen molar-refractivity contribution in [2.45, 2.75) is 43.9 Å². The first-order valence-corrected chi connectivity index (χ1v) is 6.98. The van der Waals surface area contributed by atoms with Crippen LogP contribution in [0.5, 0.6) is 0 Å². The van der Waals surface area contributed by atoms with E-state index in [9.17, 15) is 4.79 Å². The van der Waals surface area contributed by atoms with E-state index >= 15 is 0 Å². The van der Waals surface area contributed by atoms with Crippen LogP contribution in [0.15, 0.2) is 0 Å². The second kappa shape index (κ2) is 6.38. The van der Waals surface area contributed by atoms with Crippen LogP contribution in [0.1, 0.15) is 32.6 Å². The van der Waals surface area contributed by atoms with Crippen LogP contribution >= 0.6 is 11.8 Å². The van der Waals surface area contributed by atoms with Gasteiger partial charge in [-0.3, -0.25) is 4.79 Å². The lowest BCUT2D eigenvalue weighted by Gasteiger charge is -2.12. The van der Waals surface area contributed by atoms with Gasteiger partial charge in [-0.1, -0.05) is 6.92 Å². The van der Waals surface area contributed by atoms with E-state index in [1.54, 1.807) is 0 Å². The van der Waals surface area contributed by atoms with E-state index < -0.39 is 0 Å². The summed E-state index contributed by atoms with van der Waals surface area (Å²) in [5, 5.41) is 3.62. The molecule has 0 saturated heterocycles. The fraction of sp³-hybridized carbons (Fsp3) is 0.909. The maximum absolute atomic E-state index is 11.7. The van der Waals surface area contributed by atoms with E-state index in [1.165, 1.54) is 0 Å². The van der Waals surface area contributed by atoms with Crippen molar-refractivity contribution in [1.29, 1.82) is 0 Å². The number of nitrogens with two attached hydrogens (primary N) is 1. The van der Waals surface area contributed by atoms with Gasteiger partial charge in [0.1, 0.15) is 0 Å². The van der Waals surface area contributed by atoms with Crippen molar-refractivity contribution in [3.05, 3.63) is 0 Å². The largest absolute Gasteiger partial charge is 0.356 e. The monoisotopic (exact) mass is 230 g/mol. The highest BCUT2D eigenvalue weighted by atomic mass is 32.2. The molecule has 0 aromatic rings. The van der Waals surface area contributed by atoms with Crippen LogP contribution in [0, 0.1) is 5.92 Å². The molecular weight excluding hydrogens is 208 g/mol. The lowest BCUT2D eigenvalue weighted by Crippen LogP contribution is -2.32. The van der Waals surface area contributed by atoms with E-state index in [4.69, 9.17) is 5.73 Å². The van der Waals surface area contributed by atoms with Gasteiger partial charge >= 0.3 is 0 Å². The number of hydrogen-bond acceptors (Lipinski definition) is 3. The van der Waals surface area contributed by atoms with Crippen LogP contribution in [-0.4, -0.2) is 30.0 Å². The lowest BCUT2D eigenvalue weighted by atomic mass is 10.1. The molecule has 0 aromatic heterocycles. The number of carbonyl (C=O) groups excluding carboxylic acids is 1. The molecule has 1 aliphatic rings. The van der Waals surface area contributed by atoms with Crippen LogP contribution < -0.4 is 11.1 Å². The third-order valence-electron chi connectivity index (χ3n) is 3.10. The van der Waals surface area contributed by atoms with Crippen molar-refractivity contribution >= 4 is 17.7 Å². The van der Waals surface area contributed by atoms with Gasteiger partial charge in [0.05, 0.1) is 0 Å².